The fourth-order valence-corrected chi connectivity index (χ4v) is 3.06. The van der Waals surface area contributed by atoms with Gasteiger partial charge in [0.25, 0.3) is 0 Å². The van der Waals surface area contributed by atoms with E-state index in [-0.39, 0.29) is 17.4 Å². The van der Waals surface area contributed by atoms with Crippen molar-refractivity contribution in [2.24, 2.45) is 17.3 Å². The van der Waals surface area contributed by atoms with Gasteiger partial charge in [0, 0.05) is 6.04 Å². The predicted octanol–water partition coefficient (Wildman–Crippen LogP) is 2.97. The average molecular weight is 211 g/mol. The van der Waals surface area contributed by atoms with Gasteiger partial charge in [0.1, 0.15) is 0 Å². The molecule has 0 radical (unpaired) electrons. The van der Waals surface area contributed by atoms with E-state index in [9.17, 15) is 4.79 Å². The van der Waals surface area contributed by atoms with Gasteiger partial charge in [-0.05, 0) is 38.5 Å². The Hall–Kier alpha value is -0.530. The molecule has 1 saturated carbocycles. The van der Waals surface area contributed by atoms with Gasteiger partial charge in [-0.25, -0.2) is 0 Å². The number of carbonyl (C=O) groups is 1. The van der Waals surface area contributed by atoms with E-state index in [1.165, 1.54) is 12.8 Å². The Morgan fingerprint density at radius 2 is 1.93 bits per heavy atom. The lowest BCUT2D eigenvalue weighted by Crippen LogP contribution is -2.48. The Labute approximate surface area is 93.8 Å². The summed E-state index contributed by atoms with van der Waals surface area (Å²) < 4.78 is 0. The van der Waals surface area contributed by atoms with Crippen LogP contribution in [0.5, 0.6) is 0 Å². The average Bonchev–Trinajstić information content (AvgIpc) is 2.46. The van der Waals surface area contributed by atoms with E-state index < -0.39 is 0 Å². The lowest BCUT2D eigenvalue weighted by Gasteiger charge is -2.37. The Morgan fingerprint density at radius 3 is 2.27 bits per heavy atom. The van der Waals surface area contributed by atoms with Crippen LogP contribution in [-0.2, 0) is 4.79 Å². The number of hydrogen-bond donors (Lipinski definition) is 1. The van der Waals surface area contributed by atoms with Gasteiger partial charge in [-0.1, -0.05) is 27.2 Å². The molecule has 0 aliphatic heterocycles. The van der Waals surface area contributed by atoms with Crippen molar-refractivity contribution >= 4 is 5.91 Å². The van der Waals surface area contributed by atoms with Crippen LogP contribution in [0.3, 0.4) is 0 Å². The quantitative estimate of drug-likeness (QED) is 0.764. The SMILES string of the molecule is CC(C)NC(=O)C1(C(C)C)CCCC1C. The highest BCUT2D eigenvalue weighted by Crippen LogP contribution is 2.48. The summed E-state index contributed by atoms with van der Waals surface area (Å²) in [6, 6.07) is 0.251. The van der Waals surface area contributed by atoms with Crippen molar-refractivity contribution < 1.29 is 4.79 Å². The van der Waals surface area contributed by atoms with Crippen LogP contribution >= 0.6 is 0 Å². The van der Waals surface area contributed by atoms with Crippen molar-refractivity contribution in [2.45, 2.75) is 59.9 Å². The Kier molecular flexibility index (Phi) is 3.80. The van der Waals surface area contributed by atoms with E-state index in [2.05, 4.69) is 26.1 Å². The molecule has 2 unspecified atom stereocenters. The smallest absolute Gasteiger partial charge is 0.226 e. The molecule has 1 aliphatic rings. The van der Waals surface area contributed by atoms with Gasteiger partial charge >= 0.3 is 0 Å². The summed E-state index contributed by atoms with van der Waals surface area (Å²) in [7, 11) is 0. The van der Waals surface area contributed by atoms with Crippen LogP contribution in [0.15, 0.2) is 0 Å². The zero-order valence-corrected chi connectivity index (χ0v) is 10.8. The van der Waals surface area contributed by atoms with E-state index in [1.807, 2.05) is 13.8 Å². The summed E-state index contributed by atoms with van der Waals surface area (Å²) in [5.41, 5.74) is -0.107. The number of carbonyl (C=O) groups excluding carboxylic acids is 1. The second-order valence-electron chi connectivity index (χ2n) is 5.62. The molecule has 1 rings (SSSR count). The molecule has 0 aromatic heterocycles. The van der Waals surface area contributed by atoms with Crippen LogP contribution in [0.1, 0.15) is 53.9 Å². The van der Waals surface area contributed by atoms with Crippen LogP contribution in [-0.4, -0.2) is 11.9 Å². The third-order valence-corrected chi connectivity index (χ3v) is 3.98. The summed E-state index contributed by atoms with van der Waals surface area (Å²) in [6.45, 7) is 10.7. The van der Waals surface area contributed by atoms with Crippen molar-refractivity contribution in [3.63, 3.8) is 0 Å². The van der Waals surface area contributed by atoms with Crippen LogP contribution in [0.2, 0.25) is 0 Å². The van der Waals surface area contributed by atoms with Crippen molar-refractivity contribution in [3.05, 3.63) is 0 Å². The second kappa shape index (κ2) is 4.54. The minimum absolute atomic E-state index is 0.107. The molecule has 88 valence electrons. The van der Waals surface area contributed by atoms with Gasteiger partial charge in [0.2, 0.25) is 5.91 Å². The molecule has 2 heteroatoms. The van der Waals surface area contributed by atoms with Gasteiger partial charge in [0.05, 0.1) is 5.41 Å². The van der Waals surface area contributed by atoms with Gasteiger partial charge in [0.15, 0.2) is 0 Å². The lowest BCUT2D eigenvalue weighted by molar-refractivity contribution is -0.136. The third-order valence-electron chi connectivity index (χ3n) is 3.98. The molecule has 0 bridgehead atoms. The minimum Gasteiger partial charge on any atom is -0.353 e. The van der Waals surface area contributed by atoms with Crippen molar-refractivity contribution in [1.82, 2.24) is 5.32 Å². The molecule has 1 aliphatic carbocycles. The molecule has 0 saturated heterocycles. The number of rotatable bonds is 3. The first-order chi connectivity index (χ1) is 6.91. The largest absolute Gasteiger partial charge is 0.353 e. The van der Waals surface area contributed by atoms with Gasteiger partial charge < -0.3 is 5.32 Å². The monoisotopic (exact) mass is 211 g/mol. The first-order valence-corrected chi connectivity index (χ1v) is 6.22. The van der Waals surface area contributed by atoms with Crippen molar-refractivity contribution in [2.75, 3.05) is 0 Å². The number of nitrogens with one attached hydrogen (secondary N) is 1. The van der Waals surface area contributed by atoms with E-state index in [1.54, 1.807) is 0 Å². The highest BCUT2D eigenvalue weighted by Gasteiger charge is 2.48. The van der Waals surface area contributed by atoms with Gasteiger partial charge in [-0.15, -0.1) is 0 Å². The van der Waals surface area contributed by atoms with E-state index in [0.717, 1.165) is 6.42 Å². The molecule has 1 fully saturated rings. The van der Waals surface area contributed by atoms with Crippen LogP contribution in [0, 0.1) is 17.3 Å². The zero-order chi connectivity index (χ0) is 11.6. The molecule has 0 heterocycles. The maximum atomic E-state index is 12.3. The highest BCUT2D eigenvalue weighted by atomic mass is 16.2. The predicted molar refractivity (Wildman–Crippen MR) is 63.6 cm³/mol. The molecule has 0 aromatic rings. The molecule has 1 amide bonds. The Bertz CT molecular complexity index is 235. The lowest BCUT2D eigenvalue weighted by atomic mass is 9.69. The normalized spacial score (nSPS) is 31.3. The molecule has 1 N–H and O–H groups in total. The third kappa shape index (κ3) is 2.19. The fourth-order valence-electron chi connectivity index (χ4n) is 3.06. The highest BCUT2D eigenvalue weighted by molar-refractivity contribution is 5.83. The Morgan fingerprint density at radius 1 is 1.33 bits per heavy atom. The first-order valence-electron chi connectivity index (χ1n) is 6.22. The summed E-state index contributed by atoms with van der Waals surface area (Å²) in [4.78, 5) is 12.3. The van der Waals surface area contributed by atoms with Crippen LogP contribution < -0.4 is 5.32 Å². The maximum absolute atomic E-state index is 12.3. The van der Waals surface area contributed by atoms with Crippen molar-refractivity contribution in [3.8, 4) is 0 Å². The maximum Gasteiger partial charge on any atom is 0.226 e. The van der Waals surface area contributed by atoms with Gasteiger partial charge in [-0.3, -0.25) is 4.79 Å². The van der Waals surface area contributed by atoms with E-state index >= 15 is 0 Å². The van der Waals surface area contributed by atoms with E-state index in [4.69, 9.17) is 0 Å². The zero-order valence-electron chi connectivity index (χ0n) is 10.8. The molecular weight excluding hydrogens is 186 g/mol. The fraction of sp³-hybridized carbons (Fsp3) is 0.923. The van der Waals surface area contributed by atoms with Crippen LogP contribution in [0.4, 0.5) is 0 Å². The molecule has 0 spiro atoms. The minimum atomic E-state index is -0.107. The number of amides is 1. The summed E-state index contributed by atoms with van der Waals surface area (Å²) in [6.07, 6.45) is 3.46. The van der Waals surface area contributed by atoms with Crippen LogP contribution in [0.25, 0.3) is 0 Å². The molecule has 15 heavy (non-hydrogen) atoms. The Balaban J connectivity index is 2.86. The first kappa shape index (κ1) is 12.5. The summed E-state index contributed by atoms with van der Waals surface area (Å²) >= 11 is 0. The summed E-state index contributed by atoms with van der Waals surface area (Å²) in [5, 5.41) is 3.10. The second-order valence-corrected chi connectivity index (χ2v) is 5.62. The summed E-state index contributed by atoms with van der Waals surface area (Å²) in [5.74, 6) is 1.24. The molecule has 0 aromatic carbocycles. The number of hydrogen-bond acceptors (Lipinski definition) is 1. The van der Waals surface area contributed by atoms with Crippen molar-refractivity contribution in [1.29, 1.82) is 0 Å². The standard InChI is InChI=1S/C13H25NO/c1-9(2)13(8-6-7-11(13)5)12(15)14-10(3)4/h9-11H,6-8H2,1-5H3,(H,14,15). The van der Waals surface area contributed by atoms with Gasteiger partial charge in [-0.2, -0.15) is 0 Å². The molecule has 2 nitrogen and oxygen atoms in total. The molecule has 2 atom stereocenters. The topological polar surface area (TPSA) is 29.1 Å². The molecular formula is C13H25NO. The van der Waals surface area contributed by atoms with E-state index in [0.29, 0.717) is 11.8 Å².